The molecule has 5 nitrogen and oxygen atoms in total. The molecular weight excluding hydrogens is 392 g/mol. The molecule has 1 amide bonds. The lowest BCUT2D eigenvalue weighted by Crippen LogP contribution is -2.47. The molecule has 2 aromatic rings. The quantitative estimate of drug-likeness (QED) is 0.734. The van der Waals surface area contributed by atoms with Crippen LogP contribution in [0.5, 0.6) is 0 Å². The van der Waals surface area contributed by atoms with Crippen LogP contribution in [0.15, 0.2) is 47.2 Å². The summed E-state index contributed by atoms with van der Waals surface area (Å²) in [6.07, 6.45) is 4.22. The third kappa shape index (κ3) is 5.29. The summed E-state index contributed by atoms with van der Waals surface area (Å²) in [7, 11) is 0. The molecule has 0 atom stereocenters. The molecule has 1 aromatic carbocycles. The second-order valence-electron chi connectivity index (χ2n) is 6.67. The predicted octanol–water partition coefficient (Wildman–Crippen LogP) is 3.09. The van der Waals surface area contributed by atoms with Gasteiger partial charge in [-0.15, -0.1) is 0 Å². The molecular formula is C20H25BrN4O. The van der Waals surface area contributed by atoms with Gasteiger partial charge in [-0.25, -0.2) is 0 Å². The van der Waals surface area contributed by atoms with Crippen LogP contribution in [-0.4, -0.2) is 55.1 Å². The van der Waals surface area contributed by atoms with Gasteiger partial charge in [-0.05, 0) is 59.6 Å². The minimum atomic E-state index is -0.0666. The minimum Gasteiger partial charge on any atom is -0.369 e. The molecule has 0 unspecified atom stereocenters. The maximum absolute atomic E-state index is 12.1. The van der Waals surface area contributed by atoms with E-state index in [1.54, 1.807) is 18.5 Å². The van der Waals surface area contributed by atoms with Gasteiger partial charge in [0.2, 0.25) is 0 Å². The fourth-order valence-electron chi connectivity index (χ4n) is 3.20. The van der Waals surface area contributed by atoms with Gasteiger partial charge in [0, 0.05) is 55.3 Å². The number of anilines is 1. The number of hydrogen-bond acceptors (Lipinski definition) is 4. The van der Waals surface area contributed by atoms with E-state index in [0.29, 0.717) is 12.1 Å². The average Bonchev–Trinajstić information content (AvgIpc) is 2.65. The Balaban J connectivity index is 1.36. The normalized spacial score (nSPS) is 15.1. The van der Waals surface area contributed by atoms with Gasteiger partial charge in [0.1, 0.15) is 0 Å². The summed E-state index contributed by atoms with van der Waals surface area (Å²) in [5.74, 6) is -0.0666. The fraction of sp³-hybridized carbons (Fsp3) is 0.400. The number of halogens is 1. The number of nitrogens with one attached hydrogen (secondary N) is 1. The number of nitrogens with zero attached hydrogens (tertiary/aromatic N) is 3. The van der Waals surface area contributed by atoms with Crippen LogP contribution < -0.4 is 10.2 Å². The highest BCUT2D eigenvalue weighted by atomic mass is 79.9. The minimum absolute atomic E-state index is 0.0666. The molecule has 138 valence electrons. The van der Waals surface area contributed by atoms with Crippen molar-refractivity contribution < 1.29 is 4.79 Å². The average molecular weight is 417 g/mol. The molecule has 0 radical (unpaired) electrons. The molecule has 1 aliphatic rings. The summed E-state index contributed by atoms with van der Waals surface area (Å²) < 4.78 is 0.816. The number of pyridine rings is 1. The summed E-state index contributed by atoms with van der Waals surface area (Å²) in [5.41, 5.74) is 3.21. The van der Waals surface area contributed by atoms with Crippen molar-refractivity contribution in [1.82, 2.24) is 15.2 Å². The van der Waals surface area contributed by atoms with Crippen molar-refractivity contribution in [3.05, 3.63) is 58.3 Å². The van der Waals surface area contributed by atoms with Crippen LogP contribution in [0.2, 0.25) is 0 Å². The molecule has 0 spiro atoms. The van der Waals surface area contributed by atoms with Crippen molar-refractivity contribution in [2.45, 2.75) is 13.3 Å². The van der Waals surface area contributed by atoms with Gasteiger partial charge in [-0.2, -0.15) is 0 Å². The molecule has 26 heavy (non-hydrogen) atoms. The van der Waals surface area contributed by atoms with Crippen molar-refractivity contribution >= 4 is 27.5 Å². The lowest BCUT2D eigenvalue weighted by atomic mass is 10.2. The Morgan fingerprint density at radius 3 is 2.73 bits per heavy atom. The van der Waals surface area contributed by atoms with E-state index in [2.05, 4.69) is 67.2 Å². The topological polar surface area (TPSA) is 48.5 Å². The molecule has 2 heterocycles. The molecule has 0 saturated carbocycles. The van der Waals surface area contributed by atoms with E-state index in [-0.39, 0.29) is 5.91 Å². The van der Waals surface area contributed by atoms with Crippen LogP contribution in [0.4, 0.5) is 5.69 Å². The Hall–Kier alpha value is -1.92. The maximum Gasteiger partial charge on any atom is 0.252 e. The van der Waals surface area contributed by atoms with E-state index >= 15 is 0 Å². The van der Waals surface area contributed by atoms with Gasteiger partial charge in [0.25, 0.3) is 5.91 Å². The third-order valence-corrected chi connectivity index (χ3v) is 5.08. The number of carbonyl (C=O) groups is 1. The van der Waals surface area contributed by atoms with E-state index in [1.807, 2.05) is 0 Å². The molecule has 1 N–H and O–H groups in total. The summed E-state index contributed by atoms with van der Waals surface area (Å²) in [6.45, 7) is 8.08. The molecule has 3 rings (SSSR count). The predicted molar refractivity (Wildman–Crippen MR) is 109 cm³/mol. The molecule has 1 aliphatic heterocycles. The number of amides is 1. The maximum atomic E-state index is 12.1. The molecule has 1 saturated heterocycles. The first-order chi connectivity index (χ1) is 12.6. The number of aromatic nitrogens is 1. The molecule has 6 heteroatoms. The van der Waals surface area contributed by atoms with Crippen molar-refractivity contribution in [3.8, 4) is 0 Å². The van der Waals surface area contributed by atoms with Crippen molar-refractivity contribution in [3.63, 3.8) is 0 Å². The van der Waals surface area contributed by atoms with E-state index < -0.39 is 0 Å². The van der Waals surface area contributed by atoms with Gasteiger partial charge in [0.15, 0.2) is 0 Å². The zero-order chi connectivity index (χ0) is 18.4. The largest absolute Gasteiger partial charge is 0.369 e. The fourth-order valence-corrected chi connectivity index (χ4v) is 3.56. The summed E-state index contributed by atoms with van der Waals surface area (Å²) in [4.78, 5) is 21.0. The Kier molecular flexibility index (Phi) is 6.63. The lowest BCUT2D eigenvalue weighted by molar-refractivity contribution is 0.0951. The number of piperazine rings is 1. The SMILES string of the molecule is Cc1cccc(N2CCN(CCCNC(=O)c3cncc(Br)c3)CC2)c1. The Morgan fingerprint density at radius 1 is 1.19 bits per heavy atom. The highest BCUT2D eigenvalue weighted by molar-refractivity contribution is 9.10. The van der Waals surface area contributed by atoms with Crippen LogP contribution in [0, 0.1) is 6.92 Å². The number of aryl methyl sites for hydroxylation is 1. The van der Waals surface area contributed by atoms with Crippen LogP contribution >= 0.6 is 15.9 Å². The monoisotopic (exact) mass is 416 g/mol. The number of hydrogen-bond donors (Lipinski definition) is 1. The highest BCUT2D eigenvalue weighted by Gasteiger charge is 2.17. The molecule has 0 aliphatic carbocycles. The van der Waals surface area contributed by atoms with Crippen LogP contribution in [0.25, 0.3) is 0 Å². The van der Waals surface area contributed by atoms with E-state index in [0.717, 1.165) is 43.6 Å². The number of rotatable bonds is 6. The third-order valence-electron chi connectivity index (χ3n) is 4.64. The standard InChI is InChI=1S/C20H25BrN4O/c1-16-4-2-5-19(12-16)25-10-8-24(9-11-25)7-3-6-23-20(26)17-13-18(21)15-22-14-17/h2,4-5,12-15H,3,6-11H2,1H3,(H,23,26). The Bertz CT molecular complexity index is 744. The first-order valence-corrected chi connectivity index (χ1v) is 9.84. The van der Waals surface area contributed by atoms with E-state index in [9.17, 15) is 4.79 Å². The zero-order valence-electron chi connectivity index (χ0n) is 15.1. The Morgan fingerprint density at radius 2 is 2.00 bits per heavy atom. The van der Waals surface area contributed by atoms with Gasteiger partial charge in [-0.1, -0.05) is 12.1 Å². The van der Waals surface area contributed by atoms with Crippen LogP contribution in [-0.2, 0) is 0 Å². The molecule has 1 aromatic heterocycles. The Labute approximate surface area is 163 Å². The second kappa shape index (κ2) is 9.14. The van der Waals surface area contributed by atoms with Gasteiger partial charge in [0.05, 0.1) is 5.56 Å². The van der Waals surface area contributed by atoms with Gasteiger partial charge in [-0.3, -0.25) is 14.7 Å². The van der Waals surface area contributed by atoms with Gasteiger partial charge >= 0.3 is 0 Å². The van der Waals surface area contributed by atoms with Gasteiger partial charge < -0.3 is 10.2 Å². The van der Waals surface area contributed by atoms with Crippen molar-refractivity contribution in [2.75, 3.05) is 44.2 Å². The smallest absolute Gasteiger partial charge is 0.252 e. The lowest BCUT2D eigenvalue weighted by Gasteiger charge is -2.36. The van der Waals surface area contributed by atoms with Crippen LogP contribution in [0.1, 0.15) is 22.3 Å². The summed E-state index contributed by atoms with van der Waals surface area (Å²) in [6, 6.07) is 10.5. The number of carbonyl (C=O) groups excluding carboxylic acids is 1. The molecule has 1 fully saturated rings. The first kappa shape index (κ1) is 18.9. The first-order valence-electron chi connectivity index (χ1n) is 9.04. The highest BCUT2D eigenvalue weighted by Crippen LogP contribution is 2.17. The molecule has 0 bridgehead atoms. The summed E-state index contributed by atoms with van der Waals surface area (Å²) >= 11 is 3.34. The summed E-state index contributed by atoms with van der Waals surface area (Å²) in [5, 5.41) is 2.97. The zero-order valence-corrected chi connectivity index (χ0v) is 16.7. The second-order valence-corrected chi connectivity index (χ2v) is 7.58. The van der Waals surface area contributed by atoms with E-state index in [1.165, 1.54) is 11.3 Å². The van der Waals surface area contributed by atoms with E-state index in [4.69, 9.17) is 0 Å². The van der Waals surface area contributed by atoms with Crippen molar-refractivity contribution in [1.29, 1.82) is 0 Å². The van der Waals surface area contributed by atoms with Crippen LogP contribution in [0.3, 0.4) is 0 Å². The number of benzene rings is 1. The van der Waals surface area contributed by atoms with Crippen molar-refractivity contribution in [2.24, 2.45) is 0 Å².